The summed E-state index contributed by atoms with van der Waals surface area (Å²) in [4.78, 5) is 0. The Morgan fingerprint density at radius 3 is 2.84 bits per heavy atom. The second kappa shape index (κ2) is 5.51. The highest BCUT2D eigenvalue weighted by molar-refractivity contribution is 5.14. The van der Waals surface area contributed by atoms with Crippen LogP contribution in [0.3, 0.4) is 0 Å². The first-order valence-electron chi connectivity index (χ1n) is 7.23. The van der Waals surface area contributed by atoms with E-state index >= 15 is 0 Å². The van der Waals surface area contributed by atoms with E-state index in [4.69, 9.17) is 9.47 Å². The lowest BCUT2D eigenvalue weighted by atomic mass is 10.2. The molecule has 2 aliphatic rings. The highest BCUT2D eigenvalue weighted by Crippen LogP contribution is 2.23. The number of aromatic nitrogens is 2. The molecule has 0 radical (unpaired) electrons. The molecule has 3 rings (SSSR count). The molecule has 19 heavy (non-hydrogen) atoms. The average molecular weight is 265 g/mol. The number of hydrogen-bond acceptors (Lipinski definition) is 4. The molecular formula is C14H23N3O2. The summed E-state index contributed by atoms with van der Waals surface area (Å²) in [6, 6.07) is 2.72. The molecule has 0 bridgehead atoms. The second-order valence-corrected chi connectivity index (χ2v) is 5.70. The Labute approximate surface area is 114 Å². The molecule has 2 fully saturated rings. The lowest BCUT2D eigenvalue weighted by Gasteiger charge is -2.15. The number of nitrogens with one attached hydrogen (secondary N) is 1. The molecule has 1 aromatic heterocycles. The summed E-state index contributed by atoms with van der Waals surface area (Å²) in [5, 5.41) is 7.79. The lowest BCUT2D eigenvalue weighted by molar-refractivity contribution is 0.0166. The molecule has 1 aliphatic heterocycles. The first kappa shape index (κ1) is 12.9. The molecule has 1 N–H and O–H groups in total. The molecule has 5 nitrogen and oxygen atoms in total. The van der Waals surface area contributed by atoms with E-state index in [0.29, 0.717) is 12.7 Å². The monoisotopic (exact) mass is 265 g/mol. The van der Waals surface area contributed by atoms with Crippen LogP contribution in [0, 0.1) is 6.92 Å². The molecule has 1 saturated carbocycles. The van der Waals surface area contributed by atoms with E-state index in [1.165, 1.54) is 12.8 Å². The van der Waals surface area contributed by atoms with Crippen LogP contribution < -0.4 is 10.1 Å². The van der Waals surface area contributed by atoms with Gasteiger partial charge in [0.1, 0.15) is 6.61 Å². The molecule has 1 saturated heterocycles. The van der Waals surface area contributed by atoms with Crippen molar-refractivity contribution in [2.45, 2.75) is 50.9 Å². The fourth-order valence-electron chi connectivity index (χ4n) is 2.54. The number of rotatable bonds is 6. The van der Waals surface area contributed by atoms with Crippen molar-refractivity contribution in [2.75, 3.05) is 13.2 Å². The molecule has 2 unspecified atom stereocenters. The third kappa shape index (κ3) is 3.48. The normalized spacial score (nSPS) is 26.8. The summed E-state index contributed by atoms with van der Waals surface area (Å²) < 4.78 is 13.5. The van der Waals surface area contributed by atoms with Gasteiger partial charge in [0, 0.05) is 25.7 Å². The van der Waals surface area contributed by atoms with Crippen molar-refractivity contribution < 1.29 is 9.47 Å². The summed E-state index contributed by atoms with van der Waals surface area (Å²) in [6.07, 6.45) is 5.48. The molecule has 0 amide bonds. The van der Waals surface area contributed by atoms with Crippen LogP contribution >= 0.6 is 0 Å². The zero-order chi connectivity index (χ0) is 13.2. The van der Waals surface area contributed by atoms with Crippen molar-refractivity contribution >= 4 is 0 Å². The summed E-state index contributed by atoms with van der Waals surface area (Å²) in [5.74, 6) is 0.820. The van der Waals surface area contributed by atoms with Crippen LogP contribution in [0.4, 0.5) is 0 Å². The molecule has 2 heterocycles. The van der Waals surface area contributed by atoms with Crippen LogP contribution in [-0.4, -0.2) is 41.2 Å². The van der Waals surface area contributed by atoms with Crippen molar-refractivity contribution in [3.63, 3.8) is 0 Å². The third-order valence-corrected chi connectivity index (χ3v) is 3.78. The van der Waals surface area contributed by atoms with Crippen LogP contribution in [-0.2, 0) is 11.8 Å². The van der Waals surface area contributed by atoms with Gasteiger partial charge in [-0.3, -0.25) is 0 Å². The number of nitrogens with zero attached hydrogens (tertiary/aromatic N) is 2. The first-order valence-corrected chi connectivity index (χ1v) is 7.23. The second-order valence-electron chi connectivity index (χ2n) is 5.70. The van der Waals surface area contributed by atoms with Crippen molar-refractivity contribution in [3.05, 3.63) is 11.8 Å². The molecule has 1 aromatic rings. The standard InChI is InChI=1S/C14H23N3O2/c1-10-7-14(17(2)16-10)18-9-13-6-5-12(19-13)8-15-11-3-4-11/h7,11-13,15H,3-6,8-9H2,1-2H3. The summed E-state index contributed by atoms with van der Waals surface area (Å²) in [6.45, 7) is 3.59. The predicted molar refractivity (Wildman–Crippen MR) is 72.4 cm³/mol. The zero-order valence-electron chi connectivity index (χ0n) is 11.8. The number of ether oxygens (including phenoxy) is 2. The molecule has 2 atom stereocenters. The SMILES string of the molecule is Cc1cc(OCC2CCC(CNC3CC3)O2)n(C)n1. The Morgan fingerprint density at radius 1 is 1.37 bits per heavy atom. The lowest BCUT2D eigenvalue weighted by Crippen LogP contribution is -2.29. The zero-order valence-corrected chi connectivity index (χ0v) is 11.8. The van der Waals surface area contributed by atoms with E-state index in [2.05, 4.69) is 10.4 Å². The van der Waals surface area contributed by atoms with Gasteiger partial charge in [-0.25, -0.2) is 4.68 Å². The fraction of sp³-hybridized carbons (Fsp3) is 0.786. The maximum absolute atomic E-state index is 5.99. The van der Waals surface area contributed by atoms with Gasteiger partial charge in [0.25, 0.3) is 0 Å². The van der Waals surface area contributed by atoms with E-state index < -0.39 is 0 Å². The smallest absolute Gasteiger partial charge is 0.211 e. The maximum atomic E-state index is 5.99. The highest BCUT2D eigenvalue weighted by Gasteiger charge is 2.28. The van der Waals surface area contributed by atoms with Gasteiger partial charge in [0.05, 0.1) is 17.9 Å². The van der Waals surface area contributed by atoms with Crippen molar-refractivity contribution in [2.24, 2.45) is 7.05 Å². The summed E-state index contributed by atoms with van der Waals surface area (Å²) in [5.41, 5.74) is 0.983. The molecule has 0 spiro atoms. The number of aryl methyl sites for hydroxylation is 2. The average Bonchev–Trinajstić information content (AvgIpc) is 3.01. The Balaban J connectivity index is 1.40. The predicted octanol–water partition coefficient (Wildman–Crippen LogP) is 1.41. The van der Waals surface area contributed by atoms with Gasteiger partial charge in [0.15, 0.2) is 0 Å². The van der Waals surface area contributed by atoms with Crippen LogP contribution in [0.25, 0.3) is 0 Å². The Hall–Kier alpha value is -1.07. The quantitative estimate of drug-likeness (QED) is 0.845. The van der Waals surface area contributed by atoms with Gasteiger partial charge < -0.3 is 14.8 Å². The fourth-order valence-corrected chi connectivity index (χ4v) is 2.54. The summed E-state index contributed by atoms with van der Waals surface area (Å²) in [7, 11) is 1.90. The molecule has 5 heteroatoms. The van der Waals surface area contributed by atoms with Gasteiger partial charge in [-0.15, -0.1) is 0 Å². The van der Waals surface area contributed by atoms with Gasteiger partial charge in [-0.05, 0) is 32.6 Å². The highest BCUT2D eigenvalue weighted by atomic mass is 16.5. The third-order valence-electron chi connectivity index (χ3n) is 3.78. The van der Waals surface area contributed by atoms with Crippen LogP contribution in [0.1, 0.15) is 31.4 Å². The number of hydrogen-bond donors (Lipinski definition) is 1. The van der Waals surface area contributed by atoms with E-state index in [-0.39, 0.29) is 6.10 Å². The minimum atomic E-state index is 0.223. The molecule has 1 aliphatic carbocycles. The first-order chi connectivity index (χ1) is 9.20. The van der Waals surface area contributed by atoms with Crippen molar-refractivity contribution in [1.29, 1.82) is 0 Å². The summed E-state index contributed by atoms with van der Waals surface area (Å²) >= 11 is 0. The van der Waals surface area contributed by atoms with Crippen LogP contribution in [0.15, 0.2) is 6.07 Å². The Bertz CT molecular complexity index is 428. The minimum Gasteiger partial charge on any atom is -0.475 e. The molecular weight excluding hydrogens is 242 g/mol. The van der Waals surface area contributed by atoms with Crippen molar-refractivity contribution in [3.8, 4) is 5.88 Å². The van der Waals surface area contributed by atoms with E-state index in [9.17, 15) is 0 Å². The Kier molecular flexibility index (Phi) is 3.75. The van der Waals surface area contributed by atoms with Crippen LogP contribution in [0.2, 0.25) is 0 Å². The van der Waals surface area contributed by atoms with Gasteiger partial charge in [-0.1, -0.05) is 0 Å². The maximum Gasteiger partial charge on any atom is 0.211 e. The van der Waals surface area contributed by atoms with Crippen molar-refractivity contribution in [1.82, 2.24) is 15.1 Å². The van der Waals surface area contributed by atoms with E-state index in [0.717, 1.165) is 37.0 Å². The van der Waals surface area contributed by atoms with Gasteiger partial charge in [0.2, 0.25) is 5.88 Å². The largest absolute Gasteiger partial charge is 0.475 e. The molecule has 0 aromatic carbocycles. The van der Waals surface area contributed by atoms with E-state index in [1.54, 1.807) is 4.68 Å². The van der Waals surface area contributed by atoms with E-state index in [1.807, 2.05) is 20.0 Å². The van der Waals surface area contributed by atoms with Crippen LogP contribution in [0.5, 0.6) is 5.88 Å². The van der Waals surface area contributed by atoms with Gasteiger partial charge in [-0.2, -0.15) is 5.10 Å². The van der Waals surface area contributed by atoms with Gasteiger partial charge >= 0.3 is 0 Å². The molecule has 106 valence electrons. The Morgan fingerprint density at radius 2 is 2.16 bits per heavy atom. The minimum absolute atomic E-state index is 0.223. The topological polar surface area (TPSA) is 48.3 Å².